The van der Waals surface area contributed by atoms with Gasteiger partial charge in [-0.3, -0.25) is 0 Å². The van der Waals surface area contributed by atoms with E-state index in [4.69, 9.17) is 28.9 Å². The van der Waals surface area contributed by atoms with Crippen LogP contribution in [0.25, 0.3) is 0 Å². The fraction of sp³-hybridized carbons (Fsp3) is 0.308. The molecule has 0 aliphatic heterocycles. The van der Waals surface area contributed by atoms with Crippen LogP contribution in [0.1, 0.15) is 15.9 Å². The number of nitrogen functional groups attached to an aromatic ring is 1. The van der Waals surface area contributed by atoms with Gasteiger partial charge in [-0.1, -0.05) is 48.8 Å². The van der Waals surface area contributed by atoms with Gasteiger partial charge in [-0.2, -0.15) is 0 Å². The van der Waals surface area contributed by atoms with Crippen molar-refractivity contribution in [3.05, 3.63) is 27.2 Å². The van der Waals surface area contributed by atoms with Gasteiger partial charge in [-0.05, 0) is 6.07 Å². The highest BCUT2D eigenvalue weighted by molar-refractivity contribution is 6.83. The molecule has 0 aliphatic carbocycles. The van der Waals surface area contributed by atoms with Crippen LogP contribution >= 0.6 is 23.2 Å². The maximum absolute atomic E-state index is 11.6. The van der Waals surface area contributed by atoms with Crippen LogP contribution in [0.2, 0.25) is 29.7 Å². The molecule has 3 nitrogen and oxygen atoms in total. The lowest BCUT2D eigenvalue weighted by molar-refractivity contribution is 0.0601. The molecule has 0 fully saturated rings. The van der Waals surface area contributed by atoms with E-state index in [1.54, 1.807) is 0 Å². The Morgan fingerprint density at radius 2 is 1.95 bits per heavy atom. The minimum absolute atomic E-state index is 0.0971. The summed E-state index contributed by atoms with van der Waals surface area (Å²) in [7, 11) is -0.314. The van der Waals surface area contributed by atoms with Gasteiger partial charge in [0.2, 0.25) is 0 Å². The molecule has 2 N–H and O–H groups in total. The second kappa shape index (κ2) is 5.87. The lowest BCUT2D eigenvalue weighted by Crippen LogP contribution is -2.16. The van der Waals surface area contributed by atoms with Crippen molar-refractivity contribution >= 4 is 42.9 Å². The molecule has 1 aromatic carbocycles. The van der Waals surface area contributed by atoms with Crippen molar-refractivity contribution in [2.75, 3.05) is 12.8 Å². The standard InChI is InChI=1S/C13H15Cl2NO2Si/c1-18-13(17)11-9(14)7-10(16)8(12(11)15)5-6-19(2,3)4/h7H,16H2,1-4H3. The fourth-order valence-corrected chi connectivity index (χ4v) is 2.48. The quantitative estimate of drug-likeness (QED) is 0.373. The number of benzene rings is 1. The van der Waals surface area contributed by atoms with Crippen LogP contribution < -0.4 is 5.73 Å². The summed E-state index contributed by atoms with van der Waals surface area (Å²) in [6, 6.07) is 1.47. The average molecular weight is 316 g/mol. The van der Waals surface area contributed by atoms with E-state index in [1.807, 2.05) is 0 Å². The van der Waals surface area contributed by atoms with E-state index in [0.717, 1.165) is 0 Å². The predicted octanol–water partition coefficient (Wildman–Crippen LogP) is 3.59. The molecule has 0 unspecified atom stereocenters. The molecule has 102 valence electrons. The Hall–Kier alpha value is -1.15. The second-order valence-electron chi connectivity index (χ2n) is 5.00. The highest BCUT2D eigenvalue weighted by Crippen LogP contribution is 2.32. The number of nitrogens with two attached hydrogens (primary N) is 1. The van der Waals surface area contributed by atoms with Gasteiger partial charge in [-0.25, -0.2) is 4.79 Å². The van der Waals surface area contributed by atoms with Gasteiger partial charge in [0, 0.05) is 0 Å². The van der Waals surface area contributed by atoms with Crippen LogP contribution in [0.4, 0.5) is 5.69 Å². The van der Waals surface area contributed by atoms with Gasteiger partial charge in [0.05, 0.1) is 34.0 Å². The van der Waals surface area contributed by atoms with E-state index in [0.29, 0.717) is 11.3 Å². The summed E-state index contributed by atoms with van der Waals surface area (Å²) in [4.78, 5) is 11.6. The SMILES string of the molecule is COC(=O)c1c(Cl)cc(N)c(C#C[Si](C)(C)C)c1Cl. The first-order valence-electron chi connectivity index (χ1n) is 5.56. The summed E-state index contributed by atoms with van der Waals surface area (Å²) in [6.07, 6.45) is 0. The van der Waals surface area contributed by atoms with Gasteiger partial charge in [0.25, 0.3) is 0 Å². The van der Waals surface area contributed by atoms with Gasteiger partial charge < -0.3 is 10.5 Å². The first kappa shape index (κ1) is 15.9. The molecule has 0 radical (unpaired) electrons. The van der Waals surface area contributed by atoms with Crippen molar-refractivity contribution < 1.29 is 9.53 Å². The van der Waals surface area contributed by atoms with Gasteiger partial charge >= 0.3 is 5.97 Å². The Morgan fingerprint density at radius 1 is 1.37 bits per heavy atom. The van der Waals surface area contributed by atoms with Gasteiger partial charge in [-0.15, -0.1) is 5.54 Å². The van der Waals surface area contributed by atoms with Crippen LogP contribution in [-0.4, -0.2) is 21.2 Å². The largest absolute Gasteiger partial charge is 0.465 e. The molecule has 19 heavy (non-hydrogen) atoms. The number of hydrogen-bond acceptors (Lipinski definition) is 3. The second-order valence-corrected chi connectivity index (χ2v) is 10.5. The molecule has 0 bridgehead atoms. The monoisotopic (exact) mass is 315 g/mol. The molecule has 0 atom stereocenters. The van der Waals surface area contributed by atoms with Crippen molar-refractivity contribution in [3.63, 3.8) is 0 Å². The Balaban J connectivity index is 3.49. The van der Waals surface area contributed by atoms with Crippen molar-refractivity contribution in [1.82, 2.24) is 0 Å². The van der Waals surface area contributed by atoms with Crippen LogP contribution in [0, 0.1) is 11.5 Å². The first-order valence-corrected chi connectivity index (χ1v) is 9.82. The zero-order chi connectivity index (χ0) is 14.8. The van der Waals surface area contributed by atoms with E-state index in [2.05, 4.69) is 35.8 Å². The molecule has 1 aromatic rings. The maximum Gasteiger partial charge on any atom is 0.340 e. The van der Waals surface area contributed by atoms with Crippen molar-refractivity contribution in [2.45, 2.75) is 19.6 Å². The number of halogens is 2. The summed E-state index contributed by atoms with van der Waals surface area (Å²) >= 11 is 12.1. The predicted molar refractivity (Wildman–Crippen MR) is 82.4 cm³/mol. The molecular formula is C13H15Cl2NO2Si. The number of carbonyl (C=O) groups excluding carboxylic acids is 1. The molecule has 0 amide bonds. The Kier molecular flexibility index (Phi) is 4.91. The third-order valence-electron chi connectivity index (χ3n) is 2.20. The molecule has 0 saturated carbocycles. The van der Waals surface area contributed by atoms with Crippen molar-refractivity contribution in [2.24, 2.45) is 0 Å². The topological polar surface area (TPSA) is 52.3 Å². The van der Waals surface area contributed by atoms with E-state index >= 15 is 0 Å². The summed E-state index contributed by atoms with van der Waals surface area (Å²) in [5, 5.41) is 0.301. The molecule has 0 saturated heterocycles. The third-order valence-corrected chi connectivity index (χ3v) is 3.75. The molecule has 6 heteroatoms. The number of methoxy groups -OCH3 is 1. The smallest absolute Gasteiger partial charge is 0.340 e. The normalized spacial score (nSPS) is 10.6. The molecule has 0 spiro atoms. The van der Waals surface area contributed by atoms with Crippen LogP contribution in [0.5, 0.6) is 0 Å². The summed E-state index contributed by atoms with van der Waals surface area (Å²) in [6.45, 7) is 6.30. The van der Waals surface area contributed by atoms with E-state index in [9.17, 15) is 4.79 Å². The van der Waals surface area contributed by atoms with E-state index in [-0.39, 0.29) is 15.6 Å². The number of rotatable bonds is 1. The Bertz CT molecular complexity index is 583. The van der Waals surface area contributed by atoms with E-state index < -0.39 is 14.0 Å². The van der Waals surface area contributed by atoms with Crippen LogP contribution in [0.3, 0.4) is 0 Å². The summed E-state index contributed by atoms with van der Waals surface area (Å²) in [5.41, 5.74) is 9.88. The van der Waals surface area contributed by atoms with Crippen molar-refractivity contribution in [1.29, 1.82) is 0 Å². The molecule has 0 heterocycles. The highest BCUT2D eigenvalue weighted by atomic mass is 35.5. The highest BCUT2D eigenvalue weighted by Gasteiger charge is 2.20. The maximum atomic E-state index is 11.6. The fourth-order valence-electron chi connectivity index (χ4n) is 1.30. The number of esters is 1. The summed E-state index contributed by atoms with van der Waals surface area (Å²) < 4.78 is 4.65. The lowest BCUT2D eigenvalue weighted by atomic mass is 10.1. The Morgan fingerprint density at radius 3 is 2.42 bits per heavy atom. The van der Waals surface area contributed by atoms with Crippen molar-refractivity contribution in [3.8, 4) is 11.5 Å². The molecule has 1 rings (SSSR count). The summed E-state index contributed by atoms with van der Waals surface area (Å²) in [5.74, 6) is 2.35. The number of ether oxygens (including phenoxy) is 1. The average Bonchev–Trinajstić information content (AvgIpc) is 2.26. The lowest BCUT2D eigenvalue weighted by Gasteiger charge is -2.10. The van der Waals surface area contributed by atoms with E-state index in [1.165, 1.54) is 13.2 Å². The number of hydrogen-bond donors (Lipinski definition) is 1. The van der Waals surface area contributed by atoms with Crippen LogP contribution in [-0.2, 0) is 4.74 Å². The molecule has 0 aliphatic rings. The number of carbonyl (C=O) groups is 1. The number of anilines is 1. The zero-order valence-electron chi connectivity index (χ0n) is 11.2. The van der Waals surface area contributed by atoms with Crippen LogP contribution in [0.15, 0.2) is 6.07 Å². The van der Waals surface area contributed by atoms with Gasteiger partial charge in [0.1, 0.15) is 8.07 Å². The molecule has 0 aromatic heterocycles. The minimum atomic E-state index is -1.58. The first-order chi connectivity index (χ1) is 8.67. The van der Waals surface area contributed by atoms with Gasteiger partial charge in [0.15, 0.2) is 0 Å². The zero-order valence-corrected chi connectivity index (χ0v) is 13.7. The Labute approximate surface area is 124 Å². The third kappa shape index (κ3) is 3.90. The molecular weight excluding hydrogens is 301 g/mol. The minimum Gasteiger partial charge on any atom is -0.465 e.